The van der Waals surface area contributed by atoms with Crippen molar-refractivity contribution in [2.45, 2.75) is 13.8 Å². The molecule has 0 atom stereocenters. The zero-order chi connectivity index (χ0) is 27.1. The number of aryl methyl sites for hydroxylation is 2. The number of nitrogens with zero attached hydrogens (tertiary/aromatic N) is 3. The van der Waals surface area contributed by atoms with Gasteiger partial charge in [0, 0.05) is 43.2 Å². The van der Waals surface area contributed by atoms with Crippen molar-refractivity contribution in [3.8, 4) is 22.6 Å². The summed E-state index contributed by atoms with van der Waals surface area (Å²) in [6.45, 7) is 9.05. The van der Waals surface area contributed by atoms with Gasteiger partial charge < -0.3 is 14.9 Å². The Morgan fingerprint density at radius 3 is 2.24 bits per heavy atom. The van der Waals surface area contributed by atoms with Gasteiger partial charge >= 0.3 is 0 Å². The molecule has 3 aromatic carbocycles. The Bertz CT molecular complexity index is 1610. The molecule has 0 spiro atoms. The number of pyridine rings is 1. The molecule has 194 valence electrons. The van der Waals surface area contributed by atoms with Gasteiger partial charge in [-0.05, 0) is 55.3 Å². The number of amides is 1. The number of hydrogen-bond donors (Lipinski definition) is 1. The maximum atomic E-state index is 15.7. The lowest BCUT2D eigenvalue weighted by Gasteiger charge is -2.36. The van der Waals surface area contributed by atoms with Crippen LogP contribution in [0.2, 0.25) is 0 Å². The fourth-order valence-corrected chi connectivity index (χ4v) is 5.25. The Labute approximate surface area is 218 Å². The van der Waals surface area contributed by atoms with Gasteiger partial charge in [-0.25, -0.2) is 8.78 Å². The topological polar surface area (TPSA) is 65.8 Å². The number of phenols is 1. The second-order valence-electron chi connectivity index (χ2n) is 9.44. The molecule has 1 aliphatic rings. The zero-order valence-electron chi connectivity index (χ0n) is 21.2. The molecule has 38 heavy (non-hydrogen) atoms. The predicted molar refractivity (Wildman–Crippen MR) is 145 cm³/mol. The lowest BCUT2D eigenvalue weighted by molar-refractivity contribution is -0.126. The third-order valence-electron chi connectivity index (χ3n) is 7.11. The monoisotopic (exact) mass is 515 g/mol. The first-order chi connectivity index (χ1) is 18.2. The van der Waals surface area contributed by atoms with E-state index in [1.54, 1.807) is 4.90 Å². The fourth-order valence-electron chi connectivity index (χ4n) is 5.25. The second-order valence-corrected chi connectivity index (χ2v) is 9.44. The summed E-state index contributed by atoms with van der Waals surface area (Å²) in [7, 11) is 0. The summed E-state index contributed by atoms with van der Waals surface area (Å²) in [5, 5.41) is 10.9. The van der Waals surface area contributed by atoms with E-state index >= 15 is 4.39 Å². The number of para-hydroxylation sites is 1. The SMILES string of the molecule is C=CC(=O)N1CCN(c2cc(=O)n(-c3c(C)cccc3C)c3cc(-c4c(O)cccc4F)c(F)cc23)CC1. The van der Waals surface area contributed by atoms with Gasteiger partial charge in [-0.2, -0.15) is 0 Å². The van der Waals surface area contributed by atoms with Gasteiger partial charge in [-0.1, -0.05) is 30.8 Å². The minimum Gasteiger partial charge on any atom is -0.507 e. The highest BCUT2D eigenvalue weighted by Gasteiger charge is 2.25. The first-order valence-corrected chi connectivity index (χ1v) is 12.3. The third kappa shape index (κ3) is 4.22. The minimum atomic E-state index is -0.775. The number of carbonyl (C=O) groups excluding carboxylic acids is 1. The molecule has 0 bridgehead atoms. The van der Waals surface area contributed by atoms with E-state index in [0.29, 0.717) is 48.5 Å². The first-order valence-electron chi connectivity index (χ1n) is 12.3. The van der Waals surface area contributed by atoms with Crippen LogP contribution in [0.4, 0.5) is 14.5 Å². The Hall–Kier alpha value is -4.46. The van der Waals surface area contributed by atoms with E-state index < -0.39 is 17.4 Å². The fraction of sp³-hybridized carbons (Fsp3) is 0.200. The Kier molecular flexibility index (Phi) is 6.48. The van der Waals surface area contributed by atoms with Crippen molar-refractivity contribution in [3.63, 3.8) is 0 Å². The van der Waals surface area contributed by atoms with Gasteiger partial charge in [0.1, 0.15) is 17.4 Å². The zero-order valence-corrected chi connectivity index (χ0v) is 21.2. The molecule has 8 heteroatoms. The number of carbonyl (C=O) groups is 1. The van der Waals surface area contributed by atoms with Crippen molar-refractivity contribution in [2.24, 2.45) is 0 Å². The van der Waals surface area contributed by atoms with Crippen LogP contribution in [0.15, 0.2) is 72.0 Å². The van der Waals surface area contributed by atoms with Gasteiger partial charge in [-0.3, -0.25) is 14.2 Å². The van der Waals surface area contributed by atoms with Crippen LogP contribution in [-0.4, -0.2) is 46.7 Å². The van der Waals surface area contributed by atoms with Crippen molar-refractivity contribution < 1.29 is 18.7 Å². The van der Waals surface area contributed by atoms with E-state index in [9.17, 15) is 19.1 Å². The van der Waals surface area contributed by atoms with Gasteiger partial charge in [0.2, 0.25) is 5.91 Å². The molecular weight excluding hydrogens is 488 g/mol. The molecule has 1 saturated heterocycles. The van der Waals surface area contributed by atoms with Crippen molar-refractivity contribution in [2.75, 3.05) is 31.1 Å². The number of phenolic OH excluding ortho intramolecular Hbond substituents is 1. The number of fused-ring (bicyclic) bond motifs is 1. The lowest BCUT2D eigenvalue weighted by atomic mass is 9.99. The number of rotatable bonds is 4. The molecule has 2 heterocycles. The van der Waals surface area contributed by atoms with Crippen LogP contribution in [0.1, 0.15) is 11.1 Å². The van der Waals surface area contributed by atoms with Crippen molar-refractivity contribution in [1.82, 2.24) is 9.47 Å². The quantitative estimate of drug-likeness (QED) is 0.385. The molecule has 0 unspecified atom stereocenters. The van der Waals surface area contributed by atoms with E-state index in [1.807, 2.05) is 36.9 Å². The number of hydrogen-bond acceptors (Lipinski definition) is 4. The van der Waals surface area contributed by atoms with Crippen LogP contribution in [-0.2, 0) is 4.79 Å². The maximum Gasteiger partial charge on any atom is 0.257 e. The molecule has 0 aliphatic carbocycles. The average molecular weight is 516 g/mol. The number of halogens is 2. The largest absolute Gasteiger partial charge is 0.507 e. The van der Waals surface area contributed by atoms with Gasteiger partial charge in [0.05, 0.1) is 22.5 Å². The van der Waals surface area contributed by atoms with Gasteiger partial charge in [-0.15, -0.1) is 0 Å². The number of anilines is 1. The van der Waals surface area contributed by atoms with Gasteiger partial charge in [0.15, 0.2) is 0 Å². The van der Waals surface area contributed by atoms with E-state index in [4.69, 9.17) is 0 Å². The van der Waals surface area contributed by atoms with E-state index in [0.717, 1.165) is 17.2 Å². The maximum absolute atomic E-state index is 15.7. The summed E-state index contributed by atoms with van der Waals surface area (Å²) in [5.74, 6) is -2.07. The summed E-state index contributed by atoms with van der Waals surface area (Å²) in [6.07, 6.45) is 1.27. The molecule has 1 N–H and O–H groups in total. The van der Waals surface area contributed by atoms with Crippen LogP contribution < -0.4 is 10.5 Å². The van der Waals surface area contributed by atoms with E-state index in [1.165, 1.54) is 41.0 Å². The number of piperazine rings is 1. The third-order valence-corrected chi connectivity index (χ3v) is 7.11. The Morgan fingerprint density at radius 2 is 1.61 bits per heavy atom. The van der Waals surface area contributed by atoms with Crippen molar-refractivity contribution in [3.05, 3.63) is 100 Å². The van der Waals surface area contributed by atoms with Crippen molar-refractivity contribution in [1.29, 1.82) is 0 Å². The number of aromatic hydroxyl groups is 1. The smallest absolute Gasteiger partial charge is 0.257 e. The highest BCUT2D eigenvalue weighted by atomic mass is 19.1. The van der Waals surface area contributed by atoms with Crippen LogP contribution in [0.3, 0.4) is 0 Å². The summed E-state index contributed by atoms with van der Waals surface area (Å²) in [5.41, 5.74) is 2.51. The molecule has 1 amide bonds. The van der Waals surface area contributed by atoms with Gasteiger partial charge in [0.25, 0.3) is 5.56 Å². The second kappa shape index (κ2) is 9.78. The predicted octanol–water partition coefficient (Wildman–Crippen LogP) is 5.09. The standard InChI is InChI=1S/C30H27F2N3O3/c1-4-27(37)34-13-11-33(12-14-34)24-17-28(38)35(30-18(2)7-5-8-19(30)3)25-16-20(23(32)15-21(24)25)29-22(31)9-6-10-26(29)36/h4-10,15-17,36H,1,11-14H2,2-3H3. The number of aromatic nitrogens is 1. The summed E-state index contributed by atoms with van der Waals surface area (Å²) in [4.78, 5) is 29.4. The normalized spacial score (nSPS) is 13.7. The molecule has 4 aromatic rings. The molecule has 5 rings (SSSR count). The van der Waals surface area contributed by atoms with E-state index in [2.05, 4.69) is 6.58 Å². The summed E-state index contributed by atoms with van der Waals surface area (Å²) in [6, 6.07) is 13.7. The Balaban J connectivity index is 1.78. The summed E-state index contributed by atoms with van der Waals surface area (Å²) >= 11 is 0. The van der Waals surface area contributed by atoms with E-state index in [-0.39, 0.29) is 22.6 Å². The molecular formula is C30H27F2N3O3. The molecule has 1 aliphatic heterocycles. The summed E-state index contributed by atoms with van der Waals surface area (Å²) < 4.78 is 32.0. The minimum absolute atomic E-state index is 0.147. The lowest BCUT2D eigenvalue weighted by Crippen LogP contribution is -2.48. The van der Waals surface area contributed by atoms with Crippen LogP contribution >= 0.6 is 0 Å². The first kappa shape index (κ1) is 25.2. The molecule has 1 aromatic heterocycles. The van der Waals surface area contributed by atoms with Crippen LogP contribution in [0, 0.1) is 25.5 Å². The molecule has 6 nitrogen and oxygen atoms in total. The average Bonchev–Trinajstić information content (AvgIpc) is 2.89. The molecule has 1 fully saturated rings. The number of benzene rings is 3. The molecule has 0 radical (unpaired) electrons. The van der Waals surface area contributed by atoms with Crippen molar-refractivity contribution >= 4 is 22.5 Å². The van der Waals surface area contributed by atoms with Crippen LogP contribution in [0.5, 0.6) is 5.75 Å². The highest BCUT2D eigenvalue weighted by molar-refractivity contribution is 5.96. The Morgan fingerprint density at radius 1 is 0.947 bits per heavy atom. The molecule has 0 saturated carbocycles. The van der Waals surface area contributed by atoms with Crippen LogP contribution in [0.25, 0.3) is 27.7 Å². The highest BCUT2D eigenvalue weighted by Crippen LogP contribution is 2.38.